The largest absolute Gasteiger partial charge is 0.472 e. The maximum absolute atomic E-state index is 14.0. The van der Waals surface area contributed by atoms with Crippen LogP contribution in [-0.4, -0.2) is 32.1 Å². The molecule has 0 spiro atoms. The Morgan fingerprint density at radius 3 is 2.21 bits per heavy atom. The molecule has 0 aromatic heterocycles. The third-order valence-electron chi connectivity index (χ3n) is 8.99. The topological polar surface area (TPSA) is 38.8 Å². The van der Waals surface area contributed by atoms with Crippen LogP contribution >= 0.6 is 0 Å². The number of benzene rings is 5. The first-order valence-corrected chi connectivity index (χ1v) is 14.7. The molecule has 0 radical (unpaired) electrons. The summed E-state index contributed by atoms with van der Waals surface area (Å²) >= 11 is 0. The smallest absolute Gasteiger partial charge is 0.195 e. The van der Waals surface area contributed by atoms with Crippen molar-refractivity contribution in [3.8, 4) is 16.9 Å². The Morgan fingerprint density at radius 2 is 1.43 bits per heavy atom. The lowest BCUT2D eigenvalue weighted by Crippen LogP contribution is -2.37. The standard InChI is InChI=1S/C38H31NO3/c1-24-8-14-29-32(22-24)36(40)35-31-16-17-38(26-6-4-3-5-7-26,27-10-12-28(13-11-27)39-18-20-41-21-19-39)42-37(31)33-23-25(2)9-15-30(33)34(29)35/h3-17,22-23H,18-21H2,1-2H3. The minimum absolute atomic E-state index is 0.0674. The van der Waals surface area contributed by atoms with Crippen LogP contribution in [0.3, 0.4) is 0 Å². The van der Waals surface area contributed by atoms with Crippen LogP contribution in [0.15, 0.2) is 97.1 Å². The van der Waals surface area contributed by atoms with Gasteiger partial charge in [-0.15, -0.1) is 0 Å². The van der Waals surface area contributed by atoms with E-state index in [0.29, 0.717) is 0 Å². The SMILES string of the molecule is Cc1ccc2c(c1)C(=O)c1c3c(c4cc(C)ccc4c1-2)OC(c1ccccc1)(c1ccc(N2CCOCC2)cc1)C=C3. The number of ketones is 1. The third kappa shape index (κ3) is 3.68. The molecule has 2 aliphatic heterocycles. The zero-order valence-corrected chi connectivity index (χ0v) is 23.8. The van der Waals surface area contributed by atoms with Gasteiger partial charge in [-0.2, -0.15) is 0 Å². The summed E-state index contributed by atoms with van der Waals surface area (Å²) in [4.78, 5) is 16.4. The van der Waals surface area contributed by atoms with Gasteiger partial charge < -0.3 is 14.4 Å². The van der Waals surface area contributed by atoms with Crippen molar-refractivity contribution >= 4 is 28.3 Å². The highest BCUT2D eigenvalue weighted by Gasteiger charge is 2.41. The number of morpholine rings is 1. The van der Waals surface area contributed by atoms with Gasteiger partial charge in [0.2, 0.25) is 0 Å². The second kappa shape index (κ2) is 9.43. The third-order valence-corrected chi connectivity index (χ3v) is 8.99. The summed E-state index contributed by atoms with van der Waals surface area (Å²) in [7, 11) is 0. The maximum Gasteiger partial charge on any atom is 0.195 e. The van der Waals surface area contributed by atoms with E-state index in [4.69, 9.17) is 9.47 Å². The summed E-state index contributed by atoms with van der Waals surface area (Å²) in [5.74, 6) is 0.826. The molecule has 8 rings (SSSR count). The molecule has 5 aromatic carbocycles. The average Bonchev–Trinajstić information content (AvgIpc) is 3.33. The molecule has 4 heteroatoms. The van der Waals surface area contributed by atoms with E-state index in [9.17, 15) is 4.79 Å². The van der Waals surface area contributed by atoms with Gasteiger partial charge in [-0.1, -0.05) is 77.9 Å². The van der Waals surface area contributed by atoms with E-state index >= 15 is 0 Å². The van der Waals surface area contributed by atoms with Crippen molar-refractivity contribution in [2.45, 2.75) is 19.4 Å². The first-order chi connectivity index (χ1) is 20.5. The van der Waals surface area contributed by atoms with Crippen molar-refractivity contribution in [1.82, 2.24) is 0 Å². The van der Waals surface area contributed by atoms with E-state index in [0.717, 1.165) is 92.9 Å². The van der Waals surface area contributed by atoms with Gasteiger partial charge in [0.1, 0.15) is 5.75 Å². The van der Waals surface area contributed by atoms with Crippen LogP contribution in [0.5, 0.6) is 5.75 Å². The summed E-state index contributed by atoms with van der Waals surface area (Å²) in [5, 5.41) is 2.07. The first-order valence-electron chi connectivity index (χ1n) is 14.7. The summed E-state index contributed by atoms with van der Waals surface area (Å²) in [5.41, 5.74) is 9.03. The van der Waals surface area contributed by atoms with Gasteiger partial charge in [-0.3, -0.25) is 4.79 Å². The van der Waals surface area contributed by atoms with Gasteiger partial charge in [0, 0.05) is 57.5 Å². The molecule has 0 N–H and O–H groups in total. The molecule has 1 saturated heterocycles. The zero-order chi connectivity index (χ0) is 28.4. The Hall–Kier alpha value is -4.67. The molecule has 0 saturated carbocycles. The molecule has 0 bridgehead atoms. The number of rotatable bonds is 3. The van der Waals surface area contributed by atoms with Crippen LogP contribution in [0, 0.1) is 13.8 Å². The van der Waals surface area contributed by atoms with E-state index in [1.807, 2.05) is 19.1 Å². The summed E-state index contributed by atoms with van der Waals surface area (Å²) in [6.07, 6.45) is 4.26. The number of carbonyl (C=O) groups excluding carboxylic acids is 1. The Morgan fingerprint density at radius 1 is 0.714 bits per heavy atom. The van der Waals surface area contributed by atoms with Crippen LogP contribution in [0.25, 0.3) is 28.0 Å². The van der Waals surface area contributed by atoms with Crippen molar-refractivity contribution < 1.29 is 14.3 Å². The van der Waals surface area contributed by atoms with E-state index in [2.05, 4.69) is 103 Å². The Labute approximate surface area is 245 Å². The molecule has 1 fully saturated rings. The van der Waals surface area contributed by atoms with Crippen LogP contribution in [0.2, 0.25) is 0 Å². The Balaban J connectivity index is 1.35. The van der Waals surface area contributed by atoms with Crippen molar-refractivity contribution in [2.24, 2.45) is 0 Å². The lowest BCUT2D eigenvalue weighted by Gasteiger charge is -2.37. The van der Waals surface area contributed by atoms with Crippen LogP contribution in [0.4, 0.5) is 5.69 Å². The van der Waals surface area contributed by atoms with Crippen LogP contribution < -0.4 is 9.64 Å². The highest BCUT2D eigenvalue weighted by molar-refractivity contribution is 6.29. The minimum Gasteiger partial charge on any atom is -0.472 e. The molecular formula is C38H31NO3. The van der Waals surface area contributed by atoms with Crippen molar-refractivity contribution in [3.63, 3.8) is 0 Å². The molecule has 206 valence electrons. The predicted octanol–water partition coefficient (Wildman–Crippen LogP) is 7.85. The van der Waals surface area contributed by atoms with Gasteiger partial charge in [0.05, 0.1) is 13.2 Å². The van der Waals surface area contributed by atoms with E-state index in [1.165, 1.54) is 5.69 Å². The molecule has 1 unspecified atom stereocenters. The second-order valence-corrected chi connectivity index (χ2v) is 11.6. The zero-order valence-electron chi connectivity index (χ0n) is 23.8. The van der Waals surface area contributed by atoms with Gasteiger partial charge in [0.15, 0.2) is 11.4 Å². The fraction of sp³-hybridized carbons (Fsp3) is 0.184. The molecule has 42 heavy (non-hydrogen) atoms. The normalized spacial score (nSPS) is 18.9. The molecule has 1 atom stereocenters. The number of ether oxygens (including phenoxy) is 2. The summed E-state index contributed by atoms with van der Waals surface area (Å²) in [6, 6.07) is 31.8. The van der Waals surface area contributed by atoms with Gasteiger partial charge in [0.25, 0.3) is 0 Å². The Kier molecular flexibility index (Phi) is 5.63. The molecule has 3 aliphatic rings. The van der Waals surface area contributed by atoms with Crippen molar-refractivity contribution in [3.05, 3.63) is 136 Å². The second-order valence-electron chi connectivity index (χ2n) is 11.6. The van der Waals surface area contributed by atoms with Gasteiger partial charge in [-0.25, -0.2) is 0 Å². The predicted molar refractivity (Wildman–Crippen MR) is 169 cm³/mol. The number of fused-ring (bicyclic) bond motifs is 8. The highest BCUT2D eigenvalue weighted by Crippen LogP contribution is 2.52. The van der Waals surface area contributed by atoms with Crippen molar-refractivity contribution in [2.75, 3.05) is 31.2 Å². The van der Waals surface area contributed by atoms with E-state index < -0.39 is 5.60 Å². The monoisotopic (exact) mass is 549 g/mol. The Bertz CT molecular complexity index is 1920. The lowest BCUT2D eigenvalue weighted by atomic mass is 9.81. The quantitative estimate of drug-likeness (QED) is 0.225. The lowest BCUT2D eigenvalue weighted by molar-refractivity contribution is 0.104. The van der Waals surface area contributed by atoms with E-state index in [1.54, 1.807) is 0 Å². The number of aryl methyl sites for hydroxylation is 2. The number of anilines is 1. The van der Waals surface area contributed by atoms with Crippen molar-refractivity contribution in [1.29, 1.82) is 0 Å². The van der Waals surface area contributed by atoms with Gasteiger partial charge in [-0.05, 0) is 61.2 Å². The first kappa shape index (κ1) is 25.1. The average molecular weight is 550 g/mol. The molecule has 4 nitrogen and oxygen atoms in total. The fourth-order valence-electron chi connectivity index (χ4n) is 6.87. The minimum atomic E-state index is -0.853. The molecule has 2 heterocycles. The molecular weight excluding hydrogens is 518 g/mol. The maximum atomic E-state index is 14.0. The number of carbonyl (C=O) groups is 1. The highest BCUT2D eigenvalue weighted by atomic mass is 16.5. The van der Waals surface area contributed by atoms with E-state index in [-0.39, 0.29) is 5.78 Å². The van der Waals surface area contributed by atoms with Crippen LogP contribution in [0.1, 0.15) is 43.7 Å². The van der Waals surface area contributed by atoms with Crippen LogP contribution in [-0.2, 0) is 10.3 Å². The number of hydrogen-bond acceptors (Lipinski definition) is 4. The molecule has 1 aliphatic carbocycles. The number of hydrogen-bond donors (Lipinski definition) is 0. The fourth-order valence-corrected chi connectivity index (χ4v) is 6.87. The summed E-state index contributed by atoms with van der Waals surface area (Å²) < 4.78 is 12.8. The number of nitrogens with zero attached hydrogens (tertiary/aromatic N) is 1. The van der Waals surface area contributed by atoms with Gasteiger partial charge >= 0.3 is 0 Å². The molecule has 0 amide bonds. The summed E-state index contributed by atoms with van der Waals surface area (Å²) in [6.45, 7) is 7.41. The molecule has 5 aromatic rings.